The van der Waals surface area contributed by atoms with Crippen molar-refractivity contribution in [1.82, 2.24) is 5.32 Å². The van der Waals surface area contributed by atoms with Gasteiger partial charge in [-0.15, -0.1) is 0 Å². The van der Waals surface area contributed by atoms with Gasteiger partial charge in [-0.2, -0.15) is 0 Å². The monoisotopic (exact) mass is 375 g/mol. The fourth-order valence-corrected chi connectivity index (χ4v) is 3.26. The van der Waals surface area contributed by atoms with Crippen molar-refractivity contribution < 1.29 is 9.84 Å². The van der Waals surface area contributed by atoms with Crippen molar-refractivity contribution in [3.63, 3.8) is 0 Å². The quantitative estimate of drug-likeness (QED) is 0.510. The lowest BCUT2D eigenvalue weighted by atomic mass is 10.0. The van der Waals surface area contributed by atoms with Crippen molar-refractivity contribution >= 4 is 0 Å². The Kier molecular flexibility index (Phi) is 7.65. The number of hydrogen-bond donors (Lipinski definition) is 2. The minimum absolute atomic E-state index is 0.256. The topological polar surface area (TPSA) is 41.5 Å². The van der Waals surface area contributed by atoms with Gasteiger partial charge in [-0.25, -0.2) is 0 Å². The van der Waals surface area contributed by atoms with Crippen LogP contribution in [0, 0.1) is 0 Å². The highest BCUT2D eigenvalue weighted by molar-refractivity contribution is 5.63. The van der Waals surface area contributed by atoms with Gasteiger partial charge in [-0.3, -0.25) is 0 Å². The second-order valence-electron chi connectivity index (χ2n) is 7.02. The predicted molar refractivity (Wildman–Crippen MR) is 115 cm³/mol. The molecule has 3 aromatic rings. The molecule has 0 aliphatic heterocycles. The van der Waals surface area contributed by atoms with E-state index in [4.69, 9.17) is 4.74 Å². The van der Waals surface area contributed by atoms with E-state index in [0.29, 0.717) is 6.54 Å². The Morgan fingerprint density at radius 2 is 1.43 bits per heavy atom. The first-order valence-corrected chi connectivity index (χ1v) is 10.0. The molecule has 0 heterocycles. The second kappa shape index (κ2) is 10.6. The number of nitrogens with one attached hydrogen (secondary N) is 1. The Balaban J connectivity index is 1.48. The highest BCUT2D eigenvalue weighted by atomic mass is 16.5. The third-order valence-corrected chi connectivity index (χ3v) is 4.78. The number of rotatable bonds is 10. The highest BCUT2D eigenvalue weighted by Gasteiger charge is 2.12. The van der Waals surface area contributed by atoms with Gasteiger partial charge >= 0.3 is 0 Å². The molecular weight excluding hydrogens is 346 g/mol. The number of hydrogen-bond acceptors (Lipinski definition) is 3. The van der Waals surface area contributed by atoms with Crippen LogP contribution in [0.3, 0.4) is 0 Å². The average molecular weight is 376 g/mol. The van der Waals surface area contributed by atoms with Gasteiger partial charge in [0, 0.05) is 12.6 Å². The summed E-state index contributed by atoms with van der Waals surface area (Å²) < 4.78 is 5.77. The Morgan fingerprint density at radius 1 is 0.821 bits per heavy atom. The fourth-order valence-electron chi connectivity index (χ4n) is 3.26. The van der Waals surface area contributed by atoms with E-state index in [1.165, 1.54) is 11.1 Å². The number of aliphatic hydroxyl groups excluding tert-OH is 1. The van der Waals surface area contributed by atoms with Gasteiger partial charge in [0.2, 0.25) is 0 Å². The summed E-state index contributed by atoms with van der Waals surface area (Å²) in [6, 6.07) is 28.9. The summed E-state index contributed by atoms with van der Waals surface area (Å²) in [6.07, 6.45) is 1.57. The van der Waals surface area contributed by atoms with Crippen LogP contribution >= 0.6 is 0 Å². The zero-order valence-corrected chi connectivity index (χ0v) is 16.4. The van der Waals surface area contributed by atoms with E-state index in [1.807, 2.05) is 48.5 Å². The highest BCUT2D eigenvalue weighted by Crippen LogP contribution is 2.22. The fraction of sp³-hybridized carbons (Fsp3) is 0.280. The smallest absolute Gasteiger partial charge is 0.119 e. The van der Waals surface area contributed by atoms with E-state index < -0.39 is 6.10 Å². The van der Waals surface area contributed by atoms with E-state index in [9.17, 15) is 5.11 Å². The molecule has 0 aliphatic carbocycles. The first-order chi connectivity index (χ1) is 13.8. The summed E-state index contributed by atoms with van der Waals surface area (Å²) in [4.78, 5) is 0. The Labute approximate surface area is 168 Å². The van der Waals surface area contributed by atoms with Crippen molar-refractivity contribution in [2.45, 2.75) is 31.9 Å². The third-order valence-electron chi connectivity index (χ3n) is 4.78. The molecule has 0 aliphatic rings. The molecule has 0 aromatic heterocycles. The van der Waals surface area contributed by atoms with Crippen LogP contribution in [-0.4, -0.2) is 24.4 Å². The minimum atomic E-state index is -0.558. The molecule has 0 bridgehead atoms. The zero-order chi connectivity index (χ0) is 19.6. The van der Waals surface area contributed by atoms with Crippen molar-refractivity contribution in [2.75, 3.05) is 13.2 Å². The van der Waals surface area contributed by atoms with Gasteiger partial charge in [-0.1, -0.05) is 86.1 Å². The summed E-state index contributed by atoms with van der Waals surface area (Å²) in [6.45, 7) is 2.95. The Hall–Kier alpha value is -2.62. The van der Waals surface area contributed by atoms with Crippen LogP contribution in [0.1, 0.15) is 31.4 Å². The van der Waals surface area contributed by atoms with Crippen LogP contribution in [-0.2, 0) is 0 Å². The van der Waals surface area contributed by atoms with Crippen LogP contribution in [0.2, 0.25) is 0 Å². The van der Waals surface area contributed by atoms with Crippen LogP contribution in [0.25, 0.3) is 11.1 Å². The van der Waals surface area contributed by atoms with Gasteiger partial charge in [0.25, 0.3) is 0 Å². The van der Waals surface area contributed by atoms with E-state index >= 15 is 0 Å². The van der Waals surface area contributed by atoms with Crippen molar-refractivity contribution in [3.8, 4) is 16.9 Å². The lowest BCUT2D eigenvalue weighted by Crippen LogP contribution is -2.34. The van der Waals surface area contributed by atoms with Crippen molar-refractivity contribution in [2.24, 2.45) is 0 Å². The summed E-state index contributed by atoms with van der Waals surface area (Å²) in [5.74, 6) is 0.770. The molecule has 2 N–H and O–H groups in total. The van der Waals surface area contributed by atoms with Crippen LogP contribution < -0.4 is 10.1 Å². The lowest BCUT2D eigenvalue weighted by molar-refractivity contribution is 0.103. The molecule has 0 saturated carbocycles. The van der Waals surface area contributed by atoms with Crippen LogP contribution in [0.5, 0.6) is 5.75 Å². The molecule has 0 fully saturated rings. The maximum Gasteiger partial charge on any atom is 0.119 e. The van der Waals surface area contributed by atoms with Crippen molar-refractivity contribution in [3.05, 3.63) is 90.5 Å². The van der Waals surface area contributed by atoms with E-state index in [0.717, 1.165) is 24.2 Å². The molecule has 0 radical (unpaired) electrons. The van der Waals surface area contributed by atoms with Gasteiger partial charge < -0.3 is 15.2 Å². The third kappa shape index (κ3) is 5.95. The normalized spacial score (nSPS) is 13.1. The van der Waals surface area contributed by atoms with Crippen LogP contribution in [0.4, 0.5) is 0 Å². The first kappa shape index (κ1) is 20.1. The second-order valence-corrected chi connectivity index (χ2v) is 7.02. The van der Waals surface area contributed by atoms with Gasteiger partial charge in [0.05, 0.1) is 0 Å². The lowest BCUT2D eigenvalue weighted by Gasteiger charge is -2.21. The maximum absolute atomic E-state index is 10.3. The molecule has 28 heavy (non-hydrogen) atoms. The number of benzene rings is 3. The summed E-state index contributed by atoms with van der Waals surface area (Å²) in [5.41, 5.74) is 3.59. The molecule has 3 aromatic carbocycles. The van der Waals surface area contributed by atoms with Crippen LogP contribution in [0.15, 0.2) is 84.9 Å². The maximum atomic E-state index is 10.3. The average Bonchev–Trinajstić information content (AvgIpc) is 2.77. The standard InChI is InChI=1S/C25H29NO2/c1-2-9-25(22-12-7-4-8-13-22)26-18-23(27)19-28-24-16-14-21(15-17-24)20-10-5-3-6-11-20/h3-8,10-17,23,25-27H,2,9,18-19H2,1H3/t23-,25+/m1/s1. The molecule has 146 valence electrons. The summed E-state index contributed by atoms with van der Waals surface area (Å²) in [7, 11) is 0. The van der Waals surface area contributed by atoms with Gasteiger partial charge in [-0.05, 0) is 35.2 Å². The largest absolute Gasteiger partial charge is 0.491 e. The van der Waals surface area contributed by atoms with Crippen molar-refractivity contribution in [1.29, 1.82) is 0 Å². The van der Waals surface area contributed by atoms with Gasteiger partial charge in [0.15, 0.2) is 0 Å². The molecule has 0 spiro atoms. The molecule has 0 saturated heterocycles. The molecule has 3 nitrogen and oxygen atoms in total. The zero-order valence-electron chi connectivity index (χ0n) is 16.4. The summed E-state index contributed by atoms with van der Waals surface area (Å²) >= 11 is 0. The SMILES string of the molecule is CCC[C@H](NC[C@@H](O)COc1ccc(-c2ccccc2)cc1)c1ccccc1. The molecule has 0 amide bonds. The van der Waals surface area contributed by atoms with E-state index in [-0.39, 0.29) is 12.6 Å². The first-order valence-electron chi connectivity index (χ1n) is 10.0. The molecule has 2 atom stereocenters. The summed E-state index contributed by atoms with van der Waals surface area (Å²) in [5, 5.41) is 13.8. The molecule has 0 unspecified atom stereocenters. The van der Waals surface area contributed by atoms with E-state index in [2.05, 4.69) is 48.6 Å². The molecule has 3 rings (SSSR count). The predicted octanol–water partition coefficient (Wildman–Crippen LogP) is 5.22. The minimum Gasteiger partial charge on any atom is -0.491 e. The van der Waals surface area contributed by atoms with E-state index in [1.54, 1.807) is 0 Å². The number of aliphatic hydroxyl groups is 1. The Bertz CT molecular complexity index is 803. The molecule has 3 heteroatoms. The number of ether oxygens (including phenoxy) is 1. The van der Waals surface area contributed by atoms with Gasteiger partial charge in [0.1, 0.15) is 18.5 Å². The molecular formula is C25H29NO2. The Morgan fingerprint density at radius 3 is 2.07 bits per heavy atom.